The van der Waals surface area contributed by atoms with E-state index in [0.717, 1.165) is 0 Å². The zero-order valence-corrected chi connectivity index (χ0v) is 15.2. The molecule has 1 aromatic carbocycles. The Bertz CT molecular complexity index is 781. The minimum absolute atomic E-state index is 0.0101. The predicted molar refractivity (Wildman–Crippen MR) is 89.6 cm³/mol. The first kappa shape index (κ1) is 21.4. The van der Waals surface area contributed by atoms with E-state index in [2.05, 4.69) is 5.32 Å². The van der Waals surface area contributed by atoms with Crippen LogP contribution in [0.5, 0.6) is 0 Å². The molecule has 11 heteroatoms. The number of halogens is 6. The Kier molecular flexibility index (Phi) is 5.31. The fourth-order valence-electron chi connectivity index (χ4n) is 3.81. The third-order valence-electron chi connectivity index (χ3n) is 5.58. The van der Waals surface area contributed by atoms with Crippen LogP contribution in [0, 0.1) is 5.41 Å². The summed E-state index contributed by atoms with van der Waals surface area (Å²) in [5.41, 5.74) is 1.18. The van der Waals surface area contributed by atoms with Crippen molar-refractivity contribution in [2.45, 2.75) is 37.7 Å². The average Bonchev–Trinajstić information content (AvgIpc) is 3.26. The molecule has 1 aromatic rings. The number of likely N-dealkylation sites (tertiary alicyclic amines) is 1. The second kappa shape index (κ2) is 7.19. The van der Waals surface area contributed by atoms with Crippen LogP contribution >= 0.6 is 0 Å². The largest absolute Gasteiger partial charge is 0.416 e. The molecule has 3 N–H and O–H groups in total. The van der Waals surface area contributed by atoms with Crippen LogP contribution < -0.4 is 11.1 Å². The first-order chi connectivity index (χ1) is 13.3. The molecular formula is C18H19F6N3O2. The minimum Gasteiger partial charge on any atom is -0.369 e. The van der Waals surface area contributed by atoms with Crippen molar-refractivity contribution >= 4 is 11.8 Å². The smallest absolute Gasteiger partial charge is 0.369 e. The third kappa shape index (κ3) is 4.82. The highest BCUT2D eigenvalue weighted by molar-refractivity contribution is 5.95. The number of carbonyl (C=O) groups is 2. The van der Waals surface area contributed by atoms with Crippen molar-refractivity contribution < 1.29 is 35.9 Å². The lowest BCUT2D eigenvalue weighted by molar-refractivity contribution is -0.143. The monoisotopic (exact) mass is 423 g/mol. The summed E-state index contributed by atoms with van der Waals surface area (Å²) in [6.07, 6.45) is -8.12. The summed E-state index contributed by atoms with van der Waals surface area (Å²) in [5.74, 6) is -1.42. The van der Waals surface area contributed by atoms with Crippen LogP contribution in [-0.2, 0) is 17.1 Å². The van der Waals surface area contributed by atoms with Gasteiger partial charge in [0.1, 0.15) is 0 Å². The molecule has 1 unspecified atom stereocenters. The normalized spacial score (nSPS) is 21.8. The van der Waals surface area contributed by atoms with E-state index in [1.807, 2.05) is 4.90 Å². The van der Waals surface area contributed by atoms with Gasteiger partial charge in [-0.15, -0.1) is 0 Å². The van der Waals surface area contributed by atoms with E-state index in [4.69, 9.17) is 5.73 Å². The van der Waals surface area contributed by atoms with Crippen molar-refractivity contribution in [2.24, 2.45) is 11.1 Å². The lowest BCUT2D eigenvalue weighted by Crippen LogP contribution is -2.42. The standard InChI is InChI=1S/C18H19F6N3O2/c19-17(20,21)11-5-10(6-12(7-11)18(22,23)24)15(29)26-13-8-16(13)1-3-27(4-2-16)9-14(25)28/h5-7,13H,1-4,8-9H2,(H2,25,28)(H,26,29). The molecule has 0 bridgehead atoms. The molecule has 1 heterocycles. The number of amides is 2. The molecular weight excluding hydrogens is 404 g/mol. The van der Waals surface area contributed by atoms with E-state index >= 15 is 0 Å². The number of benzene rings is 1. The average molecular weight is 423 g/mol. The van der Waals surface area contributed by atoms with Gasteiger partial charge in [-0.1, -0.05) is 0 Å². The fraction of sp³-hybridized carbons (Fsp3) is 0.556. The highest BCUT2D eigenvalue weighted by Crippen LogP contribution is 2.54. The van der Waals surface area contributed by atoms with Gasteiger partial charge in [0.25, 0.3) is 5.91 Å². The van der Waals surface area contributed by atoms with Crippen molar-refractivity contribution in [3.63, 3.8) is 0 Å². The first-order valence-corrected chi connectivity index (χ1v) is 8.91. The number of carbonyl (C=O) groups excluding carboxylic acids is 2. The second-order valence-electron chi connectivity index (χ2n) is 7.63. The molecule has 2 aliphatic rings. The molecule has 5 nitrogen and oxygen atoms in total. The van der Waals surface area contributed by atoms with E-state index in [1.54, 1.807) is 0 Å². The molecule has 1 spiro atoms. The number of hydrogen-bond donors (Lipinski definition) is 2. The number of nitrogens with zero attached hydrogens (tertiary/aromatic N) is 1. The summed E-state index contributed by atoms with van der Waals surface area (Å²) < 4.78 is 77.7. The molecule has 2 fully saturated rings. The molecule has 2 amide bonds. The Labute approximate surface area is 162 Å². The Morgan fingerprint density at radius 2 is 1.55 bits per heavy atom. The number of nitrogens with one attached hydrogen (secondary N) is 1. The molecule has 29 heavy (non-hydrogen) atoms. The number of alkyl halides is 6. The molecule has 1 aliphatic heterocycles. The number of nitrogens with two attached hydrogens (primary N) is 1. The van der Waals surface area contributed by atoms with E-state index in [0.29, 0.717) is 44.5 Å². The second-order valence-corrected chi connectivity index (χ2v) is 7.63. The quantitative estimate of drug-likeness (QED) is 0.732. The van der Waals surface area contributed by atoms with Crippen LogP contribution in [-0.4, -0.2) is 42.4 Å². The summed E-state index contributed by atoms with van der Waals surface area (Å²) in [5, 5.41) is 2.56. The van der Waals surface area contributed by atoms with Crippen molar-refractivity contribution in [3.05, 3.63) is 34.9 Å². The molecule has 160 valence electrons. The minimum atomic E-state index is -5.01. The Balaban J connectivity index is 1.70. The van der Waals surface area contributed by atoms with E-state index in [1.165, 1.54) is 0 Å². The first-order valence-electron chi connectivity index (χ1n) is 8.91. The van der Waals surface area contributed by atoms with E-state index in [-0.39, 0.29) is 24.1 Å². The van der Waals surface area contributed by atoms with Crippen LogP contribution in [0.4, 0.5) is 26.3 Å². The van der Waals surface area contributed by atoms with Gasteiger partial charge in [-0.3, -0.25) is 14.5 Å². The summed E-state index contributed by atoms with van der Waals surface area (Å²) >= 11 is 0. The number of piperidine rings is 1. The van der Waals surface area contributed by atoms with Crippen molar-refractivity contribution in [2.75, 3.05) is 19.6 Å². The third-order valence-corrected chi connectivity index (χ3v) is 5.58. The van der Waals surface area contributed by atoms with Crippen LogP contribution in [0.2, 0.25) is 0 Å². The molecule has 1 saturated carbocycles. The lowest BCUT2D eigenvalue weighted by Gasteiger charge is -2.32. The molecule has 3 rings (SSSR count). The predicted octanol–water partition coefficient (Wildman–Crippen LogP) is 2.79. The van der Waals surface area contributed by atoms with E-state index < -0.39 is 40.9 Å². The highest BCUT2D eigenvalue weighted by Gasteiger charge is 2.55. The fourth-order valence-corrected chi connectivity index (χ4v) is 3.81. The van der Waals surface area contributed by atoms with Gasteiger partial charge in [0.15, 0.2) is 0 Å². The summed E-state index contributed by atoms with van der Waals surface area (Å²) in [6, 6.07) is 0.517. The molecule has 0 radical (unpaired) electrons. The van der Waals surface area contributed by atoms with Gasteiger partial charge in [0, 0.05) is 11.6 Å². The topological polar surface area (TPSA) is 75.4 Å². The molecule has 0 aromatic heterocycles. The van der Waals surface area contributed by atoms with Crippen molar-refractivity contribution in [3.8, 4) is 0 Å². The number of rotatable bonds is 4. The van der Waals surface area contributed by atoms with Gasteiger partial charge in [0.05, 0.1) is 17.7 Å². The van der Waals surface area contributed by atoms with Crippen LogP contribution in [0.25, 0.3) is 0 Å². The number of primary amides is 1. The highest BCUT2D eigenvalue weighted by atomic mass is 19.4. The maximum atomic E-state index is 13.0. The zero-order chi connectivity index (χ0) is 21.6. The van der Waals surface area contributed by atoms with E-state index in [9.17, 15) is 35.9 Å². The summed E-state index contributed by atoms with van der Waals surface area (Å²) in [6.45, 7) is 1.28. The zero-order valence-electron chi connectivity index (χ0n) is 15.2. The maximum Gasteiger partial charge on any atom is 0.416 e. The summed E-state index contributed by atoms with van der Waals surface area (Å²) in [4.78, 5) is 25.2. The van der Waals surface area contributed by atoms with Crippen LogP contribution in [0.3, 0.4) is 0 Å². The van der Waals surface area contributed by atoms with Gasteiger partial charge in [-0.25, -0.2) is 0 Å². The lowest BCUT2D eigenvalue weighted by atomic mass is 9.92. The van der Waals surface area contributed by atoms with Crippen LogP contribution in [0.15, 0.2) is 18.2 Å². The Morgan fingerprint density at radius 3 is 2.00 bits per heavy atom. The maximum absolute atomic E-state index is 13.0. The number of hydrogen-bond acceptors (Lipinski definition) is 3. The van der Waals surface area contributed by atoms with Crippen molar-refractivity contribution in [1.82, 2.24) is 10.2 Å². The van der Waals surface area contributed by atoms with Gasteiger partial charge in [0.2, 0.25) is 5.91 Å². The van der Waals surface area contributed by atoms with Gasteiger partial charge >= 0.3 is 12.4 Å². The Hall–Kier alpha value is -2.30. The summed E-state index contributed by atoms with van der Waals surface area (Å²) in [7, 11) is 0. The SMILES string of the molecule is NC(=O)CN1CCC2(CC1)CC2NC(=O)c1cc(C(F)(F)F)cc(C(F)(F)F)c1. The molecule has 1 saturated heterocycles. The molecule has 1 atom stereocenters. The van der Waals surface area contributed by atoms with Gasteiger partial charge in [-0.2, -0.15) is 26.3 Å². The van der Waals surface area contributed by atoms with Gasteiger partial charge in [-0.05, 0) is 56.0 Å². The Morgan fingerprint density at radius 1 is 1.03 bits per heavy atom. The van der Waals surface area contributed by atoms with Crippen molar-refractivity contribution in [1.29, 1.82) is 0 Å². The van der Waals surface area contributed by atoms with Crippen LogP contribution in [0.1, 0.15) is 40.7 Å². The molecule has 1 aliphatic carbocycles. The van der Waals surface area contributed by atoms with Gasteiger partial charge < -0.3 is 11.1 Å².